The number of aromatic amines is 2. The molecule has 99 heavy (non-hydrogen) atoms. The molecule has 8 heterocycles. The molecule has 2 fully saturated rings. The zero-order chi connectivity index (χ0) is 68.8. The molecule has 0 unspecified atom stereocenters. The molecule has 0 radical (unpaired) electrons. The number of nitrogens with one attached hydrogen (secondary N) is 2. The van der Waals surface area contributed by atoms with Crippen molar-refractivity contribution in [2.24, 2.45) is 0 Å². The van der Waals surface area contributed by atoms with E-state index in [-0.39, 0.29) is 12.2 Å². The maximum atomic E-state index is 9.89. The fraction of sp³-hybridized carbons (Fsp3) is 0.395. The number of benzene rings is 6. The third-order valence-corrected chi connectivity index (χ3v) is 17.9. The highest BCUT2D eigenvalue weighted by atomic mass is 16.5. The Morgan fingerprint density at radius 2 is 0.869 bits per heavy atom. The van der Waals surface area contributed by atoms with Crippen molar-refractivity contribution in [3.05, 3.63) is 138 Å². The van der Waals surface area contributed by atoms with Crippen molar-refractivity contribution < 1.29 is 52.2 Å². The van der Waals surface area contributed by atoms with Crippen LogP contribution in [0.25, 0.3) is 90.3 Å². The Bertz CT molecular complexity index is 4250. The number of rotatable bonds is 27. The number of likely N-dealkylation sites (N-methyl/N-ethyl adjacent to an activating group) is 1. The maximum Gasteiger partial charge on any atom is 0.258 e. The number of aliphatic hydroxyl groups is 2. The number of aromatic nitrogens is 8. The summed E-state index contributed by atoms with van der Waals surface area (Å²) in [4.78, 5) is 30.3. The van der Waals surface area contributed by atoms with Gasteiger partial charge in [-0.05, 0) is 163 Å². The number of ether oxygens (including phenoxy) is 6. The molecule has 3 aliphatic heterocycles. The predicted molar refractivity (Wildman–Crippen MR) is 382 cm³/mol. The van der Waals surface area contributed by atoms with E-state index in [1.165, 1.54) is 11.3 Å². The first-order valence-corrected chi connectivity index (χ1v) is 34.8. The van der Waals surface area contributed by atoms with Crippen molar-refractivity contribution in [2.75, 3.05) is 103 Å². The molecule has 6 aromatic carbocycles. The summed E-state index contributed by atoms with van der Waals surface area (Å²) in [6.07, 6.45) is 6.19. The molecule has 0 saturated carbocycles. The summed E-state index contributed by atoms with van der Waals surface area (Å²) in [5.41, 5.74) is 12.2. The van der Waals surface area contributed by atoms with Gasteiger partial charge in [-0.3, -0.25) is 9.80 Å². The molecular formula is C76H90N12O11. The van der Waals surface area contributed by atoms with Gasteiger partial charge in [-0.1, -0.05) is 65.7 Å². The Hall–Kier alpha value is -9.78. The highest BCUT2D eigenvalue weighted by molar-refractivity contribution is 5.97. The van der Waals surface area contributed by atoms with Gasteiger partial charge in [0, 0.05) is 132 Å². The average Bonchev–Trinajstić information content (AvgIpc) is 1.66. The van der Waals surface area contributed by atoms with Gasteiger partial charge in [-0.15, -0.1) is 0 Å². The van der Waals surface area contributed by atoms with Gasteiger partial charge in [0.15, 0.2) is 34.5 Å². The summed E-state index contributed by atoms with van der Waals surface area (Å²) in [5.74, 6) is 7.09. The number of likely N-dealkylation sites (tertiary alicyclic amines) is 2. The predicted octanol–water partition coefficient (Wildman–Crippen LogP) is 13.4. The summed E-state index contributed by atoms with van der Waals surface area (Å²) in [6.45, 7) is 29.4. The third kappa shape index (κ3) is 16.0. The molecule has 23 nitrogen and oxygen atoms in total. The van der Waals surface area contributed by atoms with E-state index in [0.717, 1.165) is 144 Å². The van der Waals surface area contributed by atoms with Crippen LogP contribution in [0.5, 0.6) is 34.5 Å². The minimum Gasteiger partial charge on any atom is -0.490 e. The summed E-state index contributed by atoms with van der Waals surface area (Å²) in [6, 6.07) is 35.4. The minimum atomic E-state index is -0.245. The van der Waals surface area contributed by atoms with E-state index in [1.54, 1.807) is 0 Å². The molecule has 11 aromatic rings. The number of anilines is 1. The fourth-order valence-electron chi connectivity index (χ4n) is 13.2. The first-order valence-electron chi connectivity index (χ1n) is 34.8. The normalized spacial score (nSPS) is 15.3. The van der Waals surface area contributed by atoms with E-state index in [0.29, 0.717) is 122 Å². The first kappa shape index (κ1) is 69.1. The Morgan fingerprint density at radius 3 is 1.26 bits per heavy atom. The molecule has 0 spiro atoms. The standard InChI is InChI=1S/C26H34N4O3.2C25H28N4O4/c1-5-29(6-2)16-17-30-15-14-20-21(10-9-11-22(20)30)25-27-26(33-28-25)19-12-13-23(31-7-3)24(18-19)32-8-4;2*1-3-31-21-9-8-16(12-22(21)32-4-2)25-27-24(28-33-25)19-6-5-7-20-23(19)17(13-26-20)14-29-11-10-18(30)15-29/h9-13,18H,5-8,14-17H2,1-4H3;2*5-9,12-13,18,26,30H,3-4,10-11,14-15H2,1-2H3/t;2*18-/m.10/s1. The van der Waals surface area contributed by atoms with Crippen LogP contribution in [0, 0.1) is 0 Å². The van der Waals surface area contributed by atoms with Crippen LogP contribution in [0.15, 0.2) is 135 Å². The number of β-amino-alcohol motifs (C(OH)–C–C–N with tert-alkyl or cyclic N) is 2. The van der Waals surface area contributed by atoms with E-state index < -0.39 is 0 Å². The molecule has 0 amide bonds. The lowest BCUT2D eigenvalue weighted by atomic mass is 10.0. The Balaban J connectivity index is 0.000000141. The fourth-order valence-corrected chi connectivity index (χ4v) is 13.2. The van der Waals surface area contributed by atoms with Gasteiger partial charge >= 0.3 is 0 Å². The average molecular weight is 1350 g/mol. The van der Waals surface area contributed by atoms with Crippen molar-refractivity contribution in [1.82, 2.24) is 55.1 Å². The summed E-state index contributed by atoms with van der Waals surface area (Å²) < 4.78 is 51.1. The molecule has 520 valence electrons. The van der Waals surface area contributed by atoms with Gasteiger partial charge in [0.1, 0.15) is 0 Å². The monoisotopic (exact) mass is 1350 g/mol. The molecule has 0 bridgehead atoms. The molecule has 0 aliphatic carbocycles. The lowest BCUT2D eigenvalue weighted by molar-refractivity contribution is 0.174. The second-order valence-corrected chi connectivity index (χ2v) is 24.4. The van der Waals surface area contributed by atoms with Gasteiger partial charge in [-0.25, -0.2) is 0 Å². The largest absolute Gasteiger partial charge is 0.490 e. The van der Waals surface area contributed by atoms with Crippen LogP contribution in [0.4, 0.5) is 5.69 Å². The highest BCUT2D eigenvalue weighted by Crippen LogP contribution is 2.40. The van der Waals surface area contributed by atoms with Gasteiger partial charge in [0.05, 0.1) is 51.8 Å². The Labute approximate surface area is 576 Å². The zero-order valence-corrected chi connectivity index (χ0v) is 57.9. The van der Waals surface area contributed by atoms with Crippen molar-refractivity contribution in [3.63, 3.8) is 0 Å². The molecule has 5 aromatic heterocycles. The van der Waals surface area contributed by atoms with Gasteiger partial charge < -0.3 is 72.0 Å². The number of fused-ring (bicyclic) bond motifs is 3. The molecule has 23 heteroatoms. The van der Waals surface area contributed by atoms with Crippen LogP contribution in [0.2, 0.25) is 0 Å². The number of nitrogens with zero attached hydrogens (tertiary/aromatic N) is 10. The summed E-state index contributed by atoms with van der Waals surface area (Å²) in [7, 11) is 0. The van der Waals surface area contributed by atoms with Crippen molar-refractivity contribution in [1.29, 1.82) is 0 Å². The van der Waals surface area contributed by atoms with Crippen molar-refractivity contribution in [3.8, 4) is 103 Å². The van der Waals surface area contributed by atoms with Crippen LogP contribution in [0.1, 0.15) is 84.9 Å². The maximum absolute atomic E-state index is 9.89. The molecule has 14 rings (SSSR count). The SMILES string of the molecule is CCOc1ccc(-c2nc(-c3cccc4[nH]cc(CN5CC[C@@H](O)C5)c34)no2)cc1OCC.CCOc1ccc(-c2nc(-c3cccc4[nH]cc(CN5CC[C@H](O)C5)c34)no2)cc1OCC.CCOc1ccc(-c2nc(-c3cccc4c3CCN4CCN(CC)CC)no2)cc1OCC. The molecule has 4 N–H and O–H groups in total. The summed E-state index contributed by atoms with van der Waals surface area (Å²) >= 11 is 0. The first-order chi connectivity index (χ1) is 48.5. The van der Waals surface area contributed by atoms with Crippen LogP contribution in [0.3, 0.4) is 0 Å². The molecule has 2 saturated heterocycles. The summed E-state index contributed by atoms with van der Waals surface area (Å²) in [5, 5.41) is 34.8. The molecule has 2 atom stereocenters. The van der Waals surface area contributed by atoms with Crippen molar-refractivity contribution in [2.45, 2.75) is 99.9 Å². The van der Waals surface area contributed by atoms with Crippen LogP contribution >= 0.6 is 0 Å². The van der Waals surface area contributed by atoms with Gasteiger partial charge in [0.25, 0.3) is 17.7 Å². The topological polar surface area (TPSA) is 257 Å². The van der Waals surface area contributed by atoms with E-state index in [2.05, 4.69) is 77.1 Å². The number of H-pyrrole nitrogens is 2. The number of aliphatic hydroxyl groups excluding tert-OH is 2. The van der Waals surface area contributed by atoms with E-state index >= 15 is 0 Å². The van der Waals surface area contributed by atoms with E-state index in [9.17, 15) is 10.2 Å². The second-order valence-electron chi connectivity index (χ2n) is 24.4. The van der Waals surface area contributed by atoms with Crippen LogP contribution in [-0.2, 0) is 19.5 Å². The smallest absolute Gasteiger partial charge is 0.258 e. The number of hydrogen-bond donors (Lipinski definition) is 4. The zero-order valence-electron chi connectivity index (χ0n) is 57.9. The second kappa shape index (κ2) is 32.7. The van der Waals surface area contributed by atoms with E-state index in [1.807, 2.05) is 145 Å². The lowest BCUT2D eigenvalue weighted by Crippen LogP contribution is -2.34. The van der Waals surface area contributed by atoms with Gasteiger partial charge in [-0.2, -0.15) is 15.0 Å². The number of hydrogen-bond acceptors (Lipinski definition) is 21. The van der Waals surface area contributed by atoms with Crippen LogP contribution < -0.4 is 33.3 Å². The molecular weight excluding hydrogens is 1260 g/mol. The Kier molecular flexibility index (Phi) is 22.8. The molecule has 3 aliphatic rings. The Morgan fingerprint density at radius 1 is 0.475 bits per heavy atom. The minimum absolute atomic E-state index is 0.245. The lowest BCUT2D eigenvalue weighted by Gasteiger charge is -2.24. The van der Waals surface area contributed by atoms with Crippen LogP contribution in [-0.4, -0.2) is 176 Å². The quantitative estimate of drug-likeness (QED) is 0.0373. The van der Waals surface area contributed by atoms with Gasteiger partial charge in [0.2, 0.25) is 17.5 Å². The van der Waals surface area contributed by atoms with E-state index in [4.69, 9.17) is 56.9 Å². The van der Waals surface area contributed by atoms with Crippen molar-refractivity contribution >= 4 is 27.5 Å². The third-order valence-electron chi connectivity index (χ3n) is 17.9. The highest BCUT2D eigenvalue weighted by Gasteiger charge is 2.28.